The molecule has 1 aliphatic rings. The number of hydrogen-bond donors (Lipinski definition) is 2. The summed E-state index contributed by atoms with van der Waals surface area (Å²) in [6, 6.07) is 11.1. The van der Waals surface area contributed by atoms with E-state index in [9.17, 15) is 14.0 Å². The number of hydrogen-bond acceptors (Lipinski definition) is 9. The Bertz CT molecular complexity index is 1500. The van der Waals surface area contributed by atoms with E-state index in [1.807, 2.05) is 92.6 Å². The number of benzene rings is 1. The van der Waals surface area contributed by atoms with Crippen molar-refractivity contribution in [2.75, 3.05) is 20.1 Å². The zero-order chi connectivity index (χ0) is 39.2. The SMILES string of the molecule is C#CC[C@@H]1C[C@@H](Oc2cc(O[C@@H](C)[C@@H](C)C[C@@H](F)CNC)nc(C(N)=NC(C)C)n2)CCN1C(=O)OC(C)(C)C.CC(=O)C(C)(C)c1ccccc1. The van der Waals surface area contributed by atoms with Crippen LogP contribution in [0.4, 0.5) is 9.18 Å². The largest absolute Gasteiger partial charge is 0.474 e. The summed E-state index contributed by atoms with van der Waals surface area (Å²) in [4.78, 5) is 39.0. The predicted molar refractivity (Wildman–Crippen MR) is 205 cm³/mol. The first kappa shape index (κ1) is 43.9. The van der Waals surface area contributed by atoms with Crippen LogP contribution in [0, 0.1) is 18.3 Å². The van der Waals surface area contributed by atoms with Gasteiger partial charge in [0.1, 0.15) is 29.8 Å². The lowest BCUT2D eigenvalue weighted by Crippen LogP contribution is -2.50. The molecule has 0 aliphatic carbocycles. The number of carbonyl (C=O) groups is 2. The number of ketones is 1. The summed E-state index contributed by atoms with van der Waals surface area (Å²) >= 11 is 0. The highest BCUT2D eigenvalue weighted by atomic mass is 19.1. The first-order chi connectivity index (χ1) is 24.3. The molecule has 0 radical (unpaired) electrons. The molecule has 3 N–H and O–H groups in total. The fraction of sp³-hybridized carbons (Fsp3) is 0.625. The Morgan fingerprint density at radius 1 is 1.12 bits per heavy atom. The molecule has 11 nitrogen and oxygen atoms in total. The molecule has 3 rings (SSSR count). The van der Waals surface area contributed by atoms with Gasteiger partial charge in [-0.3, -0.25) is 9.79 Å². The number of rotatable bonds is 14. The lowest BCUT2D eigenvalue weighted by Gasteiger charge is -2.39. The lowest BCUT2D eigenvalue weighted by molar-refractivity contribution is -0.121. The van der Waals surface area contributed by atoms with Crippen molar-refractivity contribution in [1.82, 2.24) is 20.2 Å². The third-order valence-electron chi connectivity index (χ3n) is 8.78. The number of carbonyl (C=O) groups excluding carboxylic acids is 2. The monoisotopic (exact) mass is 724 g/mol. The topological polar surface area (TPSA) is 141 Å². The molecule has 1 aliphatic heterocycles. The van der Waals surface area contributed by atoms with Gasteiger partial charge in [-0.25, -0.2) is 9.18 Å². The van der Waals surface area contributed by atoms with Crippen LogP contribution >= 0.6 is 0 Å². The van der Waals surface area contributed by atoms with Crippen LogP contribution in [0.25, 0.3) is 0 Å². The van der Waals surface area contributed by atoms with Crippen molar-refractivity contribution >= 4 is 17.7 Å². The molecule has 2 heterocycles. The Kier molecular flexibility index (Phi) is 17.0. The standard InChI is InChI=1S/C29H47FN6O4.C11H14O/c1-10-11-22-15-23(12-13-36(22)28(37)40-29(6,7)8)39-25-16-24(34-27(35-25)26(31)33-18(2)3)38-20(5)19(4)14-21(30)17-32-9;1-9(12)11(2,3)10-7-5-4-6-8-10/h1,16,18-23,32H,11-15,17H2,2-9H3,(H2,31,33);4-8H,1-3H3/t19-,20-,21+,22+,23-;/m0./s1. The van der Waals surface area contributed by atoms with E-state index in [-0.39, 0.29) is 71.4 Å². The summed E-state index contributed by atoms with van der Waals surface area (Å²) in [7, 11) is 1.72. The van der Waals surface area contributed by atoms with Crippen LogP contribution in [-0.2, 0) is 14.9 Å². The van der Waals surface area contributed by atoms with Gasteiger partial charge in [-0.15, -0.1) is 12.3 Å². The highest BCUT2D eigenvalue weighted by Gasteiger charge is 2.35. The maximum atomic E-state index is 14.2. The second-order valence-corrected chi connectivity index (χ2v) is 15.2. The van der Waals surface area contributed by atoms with Crippen molar-refractivity contribution in [2.45, 2.75) is 136 Å². The van der Waals surface area contributed by atoms with E-state index in [1.165, 1.54) is 0 Å². The molecule has 1 fully saturated rings. The lowest BCUT2D eigenvalue weighted by atomic mass is 9.81. The van der Waals surface area contributed by atoms with Gasteiger partial charge >= 0.3 is 6.09 Å². The van der Waals surface area contributed by atoms with E-state index in [1.54, 1.807) is 24.9 Å². The summed E-state index contributed by atoms with van der Waals surface area (Å²) in [6.07, 6.45) is 5.42. The van der Waals surface area contributed by atoms with Gasteiger partial charge in [0.15, 0.2) is 5.84 Å². The average molecular weight is 725 g/mol. The molecule has 5 atom stereocenters. The maximum absolute atomic E-state index is 14.2. The third-order valence-corrected chi connectivity index (χ3v) is 8.78. The molecule has 1 aromatic heterocycles. The number of alkyl halides is 1. The van der Waals surface area contributed by atoms with E-state index >= 15 is 0 Å². The number of aromatic nitrogens is 2. The molecular formula is C40H61FN6O5. The number of ether oxygens (including phenoxy) is 3. The van der Waals surface area contributed by atoms with Crippen LogP contribution < -0.4 is 20.5 Å². The molecule has 0 saturated carbocycles. The van der Waals surface area contributed by atoms with Gasteiger partial charge in [0, 0.05) is 49.9 Å². The average Bonchev–Trinajstić information content (AvgIpc) is 3.04. The van der Waals surface area contributed by atoms with E-state index < -0.39 is 17.9 Å². The zero-order valence-corrected chi connectivity index (χ0v) is 33.0. The minimum absolute atomic E-state index is 0.0631. The Labute approximate surface area is 310 Å². The summed E-state index contributed by atoms with van der Waals surface area (Å²) in [5.41, 5.74) is 6.32. The minimum Gasteiger partial charge on any atom is -0.474 e. The van der Waals surface area contributed by atoms with Gasteiger partial charge in [-0.1, -0.05) is 37.3 Å². The van der Waals surface area contributed by atoms with Gasteiger partial charge in [0.05, 0.1) is 6.07 Å². The van der Waals surface area contributed by atoms with Crippen LogP contribution in [0.15, 0.2) is 41.4 Å². The molecule has 1 amide bonds. The van der Waals surface area contributed by atoms with Gasteiger partial charge in [0.25, 0.3) is 0 Å². The van der Waals surface area contributed by atoms with Crippen LogP contribution in [0.2, 0.25) is 0 Å². The quantitative estimate of drug-likeness (QED) is 0.124. The van der Waals surface area contributed by atoms with Crippen LogP contribution in [0.1, 0.15) is 106 Å². The van der Waals surface area contributed by atoms with Crippen molar-refractivity contribution in [3.8, 4) is 24.1 Å². The molecule has 288 valence electrons. The summed E-state index contributed by atoms with van der Waals surface area (Å²) in [5, 5.41) is 2.85. The first-order valence-corrected chi connectivity index (χ1v) is 18.1. The molecule has 2 aromatic rings. The fourth-order valence-corrected chi connectivity index (χ4v) is 5.42. The number of amides is 1. The number of halogens is 1. The summed E-state index contributed by atoms with van der Waals surface area (Å²) < 4.78 is 32.1. The summed E-state index contributed by atoms with van der Waals surface area (Å²) in [6.45, 7) is 19.3. The third kappa shape index (κ3) is 14.4. The van der Waals surface area contributed by atoms with Crippen molar-refractivity contribution in [2.24, 2.45) is 16.6 Å². The molecular weight excluding hydrogens is 663 g/mol. The fourth-order valence-electron chi connectivity index (χ4n) is 5.42. The number of nitrogens with one attached hydrogen (secondary N) is 1. The second-order valence-electron chi connectivity index (χ2n) is 15.2. The highest BCUT2D eigenvalue weighted by Crippen LogP contribution is 2.28. The Morgan fingerprint density at radius 2 is 1.75 bits per heavy atom. The Hall–Kier alpha value is -4.24. The number of Topliss-reactive ketones (excluding diaryl/α,β-unsaturated/α-hetero) is 1. The normalized spacial score (nSPS) is 18.3. The minimum atomic E-state index is -0.984. The van der Waals surface area contributed by atoms with Gasteiger partial charge in [0.2, 0.25) is 17.6 Å². The van der Waals surface area contributed by atoms with Crippen molar-refractivity contribution in [3.63, 3.8) is 0 Å². The van der Waals surface area contributed by atoms with E-state index in [4.69, 9.17) is 26.4 Å². The zero-order valence-electron chi connectivity index (χ0n) is 33.0. The van der Waals surface area contributed by atoms with Crippen LogP contribution in [-0.4, -0.2) is 88.8 Å². The van der Waals surface area contributed by atoms with Gasteiger partial charge < -0.3 is 30.2 Å². The molecule has 52 heavy (non-hydrogen) atoms. The van der Waals surface area contributed by atoms with E-state index in [2.05, 4.69) is 26.2 Å². The van der Waals surface area contributed by atoms with Crippen LogP contribution in [0.5, 0.6) is 11.8 Å². The molecule has 1 aromatic carbocycles. The molecule has 12 heteroatoms. The number of nitrogens with two attached hydrogens (primary N) is 1. The van der Waals surface area contributed by atoms with Crippen LogP contribution in [0.3, 0.4) is 0 Å². The maximum Gasteiger partial charge on any atom is 0.410 e. The number of terminal acetylenes is 1. The Balaban J connectivity index is 0.000000657. The second kappa shape index (κ2) is 20.1. The number of aliphatic imine (C=N–C) groups is 1. The van der Waals surface area contributed by atoms with Crippen molar-refractivity contribution in [3.05, 3.63) is 47.8 Å². The van der Waals surface area contributed by atoms with Gasteiger partial charge in [-0.2, -0.15) is 9.97 Å². The van der Waals surface area contributed by atoms with Crippen molar-refractivity contribution < 1.29 is 28.2 Å². The molecule has 0 unspecified atom stereocenters. The smallest absolute Gasteiger partial charge is 0.410 e. The van der Waals surface area contributed by atoms with Crippen molar-refractivity contribution in [1.29, 1.82) is 0 Å². The highest BCUT2D eigenvalue weighted by molar-refractivity contribution is 5.94. The van der Waals surface area contributed by atoms with Gasteiger partial charge in [-0.05, 0) is 87.3 Å². The number of piperidine rings is 1. The Morgan fingerprint density at radius 3 is 2.31 bits per heavy atom. The van der Waals surface area contributed by atoms with E-state index in [0.29, 0.717) is 32.2 Å². The number of nitrogens with zero attached hydrogens (tertiary/aromatic N) is 4. The number of amidine groups is 1. The predicted octanol–water partition coefficient (Wildman–Crippen LogP) is 6.66. The molecule has 0 spiro atoms. The van der Waals surface area contributed by atoms with E-state index in [0.717, 1.165) is 5.56 Å². The number of likely N-dealkylation sites (tertiary alicyclic amines) is 1. The molecule has 0 bridgehead atoms. The first-order valence-electron chi connectivity index (χ1n) is 18.1. The molecule has 1 saturated heterocycles. The summed E-state index contributed by atoms with van der Waals surface area (Å²) in [5.74, 6) is 3.67.